The summed E-state index contributed by atoms with van der Waals surface area (Å²) < 4.78 is 16.9. The third-order valence-electron chi connectivity index (χ3n) is 4.02. The quantitative estimate of drug-likeness (QED) is 0.670. The second-order valence-electron chi connectivity index (χ2n) is 5.86. The van der Waals surface area contributed by atoms with E-state index in [-0.39, 0.29) is 11.5 Å². The third-order valence-corrected chi connectivity index (χ3v) is 4.02. The van der Waals surface area contributed by atoms with E-state index in [1.165, 1.54) is 13.2 Å². The number of aldehydes is 1. The van der Waals surface area contributed by atoms with Crippen molar-refractivity contribution >= 4 is 18.9 Å². The summed E-state index contributed by atoms with van der Waals surface area (Å²) in [5, 5.41) is 9.73. The number of methoxy groups -OCH3 is 1. The number of phenols is 1. The van der Waals surface area contributed by atoms with Crippen LogP contribution in [0, 0.1) is 0 Å². The van der Waals surface area contributed by atoms with Crippen molar-refractivity contribution in [3.05, 3.63) is 17.7 Å². The molecule has 5 nitrogen and oxygen atoms in total. The van der Waals surface area contributed by atoms with Crippen LogP contribution in [0.5, 0.6) is 11.5 Å². The van der Waals surface area contributed by atoms with Crippen molar-refractivity contribution in [1.82, 2.24) is 0 Å². The number of benzene rings is 1. The fourth-order valence-corrected chi connectivity index (χ4v) is 2.04. The van der Waals surface area contributed by atoms with Crippen molar-refractivity contribution in [1.29, 1.82) is 0 Å². The largest absolute Gasteiger partial charge is 0.504 e. The van der Waals surface area contributed by atoms with E-state index in [2.05, 4.69) is 0 Å². The Bertz CT molecular complexity index is 523. The van der Waals surface area contributed by atoms with Gasteiger partial charge in [0.15, 0.2) is 11.5 Å². The number of hydrogen-bond donors (Lipinski definition) is 1. The summed E-state index contributed by atoms with van der Waals surface area (Å²) in [6.45, 7) is 7.74. The van der Waals surface area contributed by atoms with Crippen molar-refractivity contribution in [3.8, 4) is 11.5 Å². The van der Waals surface area contributed by atoms with Crippen LogP contribution in [0.4, 0.5) is 0 Å². The molecule has 1 aromatic carbocycles. The molecule has 1 saturated heterocycles. The predicted octanol–water partition coefficient (Wildman–Crippen LogP) is 1.51. The van der Waals surface area contributed by atoms with Crippen molar-refractivity contribution in [2.45, 2.75) is 38.9 Å². The molecule has 1 aliphatic heterocycles. The summed E-state index contributed by atoms with van der Waals surface area (Å²) in [7, 11) is 0.776. The van der Waals surface area contributed by atoms with Gasteiger partial charge in [0.25, 0.3) is 0 Å². The molecule has 6 heteroatoms. The molecule has 2 rings (SSSR count). The van der Waals surface area contributed by atoms with Crippen LogP contribution in [0.15, 0.2) is 12.1 Å². The minimum absolute atomic E-state index is 0.0881. The highest BCUT2D eigenvalue weighted by molar-refractivity contribution is 6.63. The number of carbonyl (C=O) groups is 1. The van der Waals surface area contributed by atoms with E-state index in [4.69, 9.17) is 14.0 Å². The Morgan fingerprint density at radius 1 is 1.20 bits per heavy atom. The van der Waals surface area contributed by atoms with Crippen molar-refractivity contribution in [2.24, 2.45) is 0 Å². The fourth-order valence-electron chi connectivity index (χ4n) is 2.04. The zero-order valence-corrected chi connectivity index (χ0v) is 12.4. The minimum atomic E-state index is -0.672. The van der Waals surface area contributed by atoms with Crippen molar-refractivity contribution < 1.29 is 23.9 Å². The summed E-state index contributed by atoms with van der Waals surface area (Å²) in [5.41, 5.74) is -0.124. The maximum atomic E-state index is 11.2. The van der Waals surface area contributed by atoms with Gasteiger partial charge in [0, 0.05) is 5.56 Å². The van der Waals surface area contributed by atoms with Crippen LogP contribution < -0.4 is 10.2 Å². The van der Waals surface area contributed by atoms with Crippen LogP contribution in [0.2, 0.25) is 0 Å². The van der Waals surface area contributed by atoms with Gasteiger partial charge in [-0.2, -0.15) is 0 Å². The molecule has 0 amide bonds. The van der Waals surface area contributed by atoms with Crippen LogP contribution in [-0.4, -0.2) is 36.8 Å². The van der Waals surface area contributed by atoms with E-state index in [9.17, 15) is 9.90 Å². The Balaban J connectivity index is 2.46. The summed E-state index contributed by atoms with van der Waals surface area (Å²) >= 11 is 0. The molecule has 0 unspecified atom stereocenters. The molecule has 108 valence electrons. The first-order valence-electron chi connectivity index (χ1n) is 6.43. The maximum absolute atomic E-state index is 11.2. The molecule has 0 bridgehead atoms. The molecule has 1 aliphatic rings. The molecular weight excluding hydrogens is 259 g/mol. The smallest absolute Gasteiger partial charge is 0.495 e. The molecule has 1 N–H and O–H groups in total. The van der Waals surface area contributed by atoms with E-state index >= 15 is 0 Å². The number of aromatic hydroxyl groups is 1. The van der Waals surface area contributed by atoms with Crippen LogP contribution in [0.3, 0.4) is 0 Å². The van der Waals surface area contributed by atoms with Gasteiger partial charge in [0.2, 0.25) is 0 Å². The summed E-state index contributed by atoms with van der Waals surface area (Å²) in [4.78, 5) is 11.2. The van der Waals surface area contributed by atoms with Gasteiger partial charge in [-0.25, -0.2) is 0 Å². The van der Waals surface area contributed by atoms with Gasteiger partial charge in [-0.15, -0.1) is 0 Å². The average Bonchev–Trinajstić information content (AvgIpc) is 2.57. The van der Waals surface area contributed by atoms with Crippen molar-refractivity contribution in [3.63, 3.8) is 0 Å². The number of carbonyl (C=O) groups excluding carboxylic acids is 1. The number of phenolic OH excluding ortho intramolecular Hbond substituents is 1. The standard InChI is InChI=1S/C14H19BO5/c1-13(2)14(3,4)20-15(19-13)10-7-12(18-5)11(17)6-9(10)8-16/h6-8,17H,1-5H3. The monoisotopic (exact) mass is 278 g/mol. The van der Waals surface area contributed by atoms with Gasteiger partial charge in [0.1, 0.15) is 6.29 Å². The lowest BCUT2D eigenvalue weighted by Gasteiger charge is -2.32. The molecule has 20 heavy (non-hydrogen) atoms. The van der Waals surface area contributed by atoms with Crippen LogP contribution in [0.1, 0.15) is 38.1 Å². The fraction of sp³-hybridized carbons (Fsp3) is 0.500. The average molecular weight is 278 g/mol. The molecule has 1 heterocycles. The van der Waals surface area contributed by atoms with E-state index in [1.54, 1.807) is 6.07 Å². The highest BCUT2D eigenvalue weighted by Crippen LogP contribution is 2.37. The van der Waals surface area contributed by atoms with Crippen LogP contribution >= 0.6 is 0 Å². The SMILES string of the molecule is COc1cc(B2OC(C)(C)C(C)(C)O2)c(C=O)cc1O. The number of hydrogen-bond acceptors (Lipinski definition) is 5. The van der Waals surface area contributed by atoms with Crippen molar-refractivity contribution in [2.75, 3.05) is 7.11 Å². The third kappa shape index (κ3) is 2.29. The van der Waals surface area contributed by atoms with Gasteiger partial charge in [-0.1, -0.05) is 0 Å². The summed E-state index contributed by atoms with van der Waals surface area (Å²) in [6.07, 6.45) is 0.666. The first kappa shape index (κ1) is 14.9. The second kappa shape index (κ2) is 4.79. The number of ether oxygens (including phenoxy) is 1. The van der Waals surface area contributed by atoms with Gasteiger partial charge in [-0.3, -0.25) is 4.79 Å². The molecule has 1 aromatic rings. The summed E-state index contributed by atoms with van der Waals surface area (Å²) in [5.74, 6) is 0.190. The van der Waals surface area contributed by atoms with Crippen LogP contribution in [-0.2, 0) is 9.31 Å². The maximum Gasteiger partial charge on any atom is 0.495 e. The minimum Gasteiger partial charge on any atom is -0.504 e. The Labute approximate surface area is 119 Å². The lowest BCUT2D eigenvalue weighted by atomic mass is 9.76. The molecule has 0 radical (unpaired) electrons. The van der Waals surface area contributed by atoms with E-state index in [1.807, 2.05) is 27.7 Å². The topological polar surface area (TPSA) is 65.0 Å². The van der Waals surface area contributed by atoms with E-state index in [0.29, 0.717) is 17.3 Å². The zero-order valence-electron chi connectivity index (χ0n) is 12.4. The Morgan fingerprint density at radius 2 is 1.75 bits per heavy atom. The first-order valence-corrected chi connectivity index (χ1v) is 6.43. The Morgan fingerprint density at radius 3 is 2.20 bits per heavy atom. The highest BCUT2D eigenvalue weighted by atomic mass is 16.7. The van der Waals surface area contributed by atoms with Gasteiger partial charge < -0.3 is 19.2 Å². The second-order valence-corrected chi connectivity index (χ2v) is 5.86. The first-order chi connectivity index (χ1) is 9.21. The highest BCUT2D eigenvalue weighted by Gasteiger charge is 2.52. The molecule has 0 atom stereocenters. The van der Waals surface area contributed by atoms with E-state index in [0.717, 1.165) is 0 Å². The normalized spacial score (nSPS) is 19.9. The van der Waals surface area contributed by atoms with Gasteiger partial charge >= 0.3 is 7.12 Å². The Kier molecular flexibility index (Phi) is 3.56. The molecular formula is C14H19BO5. The zero-order chi connectivity index (χ0) is 15.1. The molecule has 0 saturated carbocycles. The molecule has 0 aromatic heterocycles. The van der Waals surface area contributed by atoms with Gasteiger partial charge in [0.05, 0.1) is 18.3 Å². The Hall–Kier alpha value is -1.53. The predicted molar refractivity (Wildman–Crippen MR) is 75.8 cm³/mol. The van der Waals surface area contributed by atoms with Crippen LogP contribution in [0.25, 0.3) is 0 Å². The lowest BCUT2D eigenvalue weighted by molar-refractivity contribution is 0.00578. The molecule has 0 aliphatic carbocycles. The molecule has 1 fully saturated rings. The van der Waals surface area contributed by atoms with E-state index < -0.39 is 18.3 Å². The number of rotatable bonds is 3. The molecule has 0 spiro atoms. The van der Waals surface area contributed by atoms with Gasteiger partial charge in [-0.05, 0) is 45.3 Å². The summed E-state index contributed by atoms with van der Waals surface area (Å²) in [6, 6.07) is 2.92. The lowest BCUT2D eigenvalue weighted by Crippen LogP contribution is -2.41.